The van der Waals surface area contributed by atoms with Crippen LogP contribution in [0.3, 0.4) is 0 Å². The van der Waals surface area contributed by atoms with Crippen molar-refractivity contribution >= 4 is 29.2 Å². The fraction of sp³-hybridized carbons (Fsp3) is 0.154. The smallest absolute Gasteiger partial charge is 0.382 e. The number of amides is 1. The average molecular weight is 344 g/mol. The van der Waals surface area contributed by atoms with Crippen molar-refractivity contribution in [1.82, 2.24) is 9.97 Å². The molecule has 0 atom stereocenters. The lowest BCUT2D eigenvalue weighted by Gasteiger charge is -2.09. The van der Waals surface area contributed by atoms with Crippen molar-refractivity contribution in [3.63, 3.8) is 0 Å². The van der Waals surface area contributed by atoms with Crippen molar-refractivity contribution in [3.8, 4) is 0 Å². The summed E-state index contributed by atoms with van der Waals surface area (Å²) >= 11 is 1.16. The monoisotopic (exact) mass is 344 g/mol. The van der Waals surface area contributed by atoms with Gasteiger partial charge < -0.3 is 11.1 Å². The largest absolute Gasteiger partial charge is 0.416 e. The third-order valence-corrected chi connectivity index (χ3v) is 3.41. The van der Waals surface area contributed by atoms with Crippen molar-refractivity contribution in [2.45, 2.75) is 11.3 Å². The third kappa shape index (κ3) is 3.83. The fourth-order valence-electron chi connectivity index (χ4n) is 1.68. The number of carbonyl (C=O) groups is 1. The normalized spacial score (nSPS) is 11.3. The van der Waals surface area contributed by atoms with E-state index in [-0.39, 0.29) is 22.2 Å². The number of aromatic amines is 1. The predicted octanol–water partition coefficient (Wildman–Crippen LogP) is 2.35. The highest BCUT2D eigenvalue weighted by atomic mass is 32.2. The fourth-order valence-corrected chi connectivity index (χ4v) is 2.07. The summed E-state index contributed by atoms with van der Waals surface area (Å²) < 4.78 is 37.4. The molecule has 0 saturated heterocycles. The first kappa shape index (κ1) is 16.9. The molecule has 6 nitrogen and oxygen atoms in total. The number of hydrogen-bond acceptors (Lipinski definition) is 5. The predicted molar refractivity (Wildman–Crippen MR) is 80.4 cm³/mol. The Morgan fingerprint density at radius 3 is 2.39 bits per heavy atom. The number of thioether (sulfide) groups is 1. The van der Waals surface area contributed by atoms with E-state index in [1.165, 1.54) is 0 Å². The zero-order chi connectivity index (χ0) is 17.2. The number of anilines is 2. The molecule has 0 spiro atoms. The highest BCUT2D eigenvalue weighted by Crippen LogP contribution is 2.29. The first-order valence-corrected chi connectivity index (χ1v) is 7.37. The van der Waals surface area contributed by atoms with Crippen LogP contribution in [0.2, 0.25) is 0 Å². The van der Waals surface area contributed by atoms with Gasteiger partial charge in [-0.2, -0.15) is 13.2 Å². The van der Waals surface area contributed by atoms with Crippen LogP contribution < -0.4 is 16.6 Å². The standard InChI is InChI=1S/C13H11F3N4O2S/c1-23-12-19-9(17)8(11(22)20-12)18-10(21)6-2-4-7(5-3-6)13(14,15)16/h2-5H,1H3,(H,18,21)(H3,17,19,20,22). The number of nitrogens with one attached hydrogen (secondary N) is 2. The SMILES string of the molecule is CSc1nc(N)c(NC(=O)c2ccc(C(F)(F)F)cc2)c(=O)[nH]1. The van der Waals surface area contributed by atoms with Crippen molar-refractivity contribution in [1.29, 1.82) is 0 Å². The van der Waals surface area contributed by atoms with Crippen LogP contribution in [0.4, 0.5) is 24.7 Å². The molecule has 0 unspecified atom stereocenters. The van der Waals surface area contributed by atoms with Crippen LogP contribution in [0.25, 0.3) is 0 Å². The molecule has 2 rings (SSSR count). The van der Waals surface area contributed by atoms with Gasteiger partial charge >= 0.3 is 6.18 Å². The molecule has 1 amide bonds. The molecule has 0 radical (unpaired) electrons. The number of nitrogens with zero attached hydrogens (tertiary/aromatic N) is 1. The number of hydrogen-bond donors (Lipinski definition) is 3. The zero-order valence-corrected chi connectivity index (χ0v) is 12.5. The van der Waals surface area contributed by atoms with E-state index in [9.17, 15) is 22.8 Å². The van der Waals surface area contributed by atoms with Crippen LogP contribution in [-0.2, 0) is 6.18 Å². The lowest BCUT2D eigenvalue weighted by atomic mass is 10.1. The second-order valence-electron chi connectivity index (χ2n) is 4.36. The Labute approximate surface area is 132 Å². The Hall–Kier alpha value is -2.49. The topological polar surface area (TPSA) is 101 Å². The van der Waals surface area contributed by atoms with Gasteiger partial charge in [0.2, 0.25) is 0 Å². The summed E-state index contributed by atoms with van der Waals surface area (Å²) in [5, 5.41) is 2.52. The molecule has 0 saturated carbocycles. The Kier molecular flexibility index (Phi) is 4.64. The number of carbonyl (C=O) groups excluding carboxylic acids is 1. The number of alkyl halides is 3. The first-order chi connectivity index (χ1) is 10.7. The van der Waals surface area contributed by atoms with Crippen molar-refractivity contribution in [2.24, 2.45) is 0 Å². The van der Waals surface area contributed by atoms with Crippen LogP contribution >= 0.6 is 11.8 Å². The third-order valence-electron chi connectivity index (χ3n) is 2.83. The van der Waals surface area contributed by atoms with Gasteiger partial charge in [0, 0.05) is 5.56 Å². The molecular formula is C13H11F3N4O2S. The number of halogens is 3. The van der Waals surface area contributed by atoms with Gasteiger partial charge in [-0.3, -0.25) is 14.6 Å². The molecular weight excluding hydrogens is 333 g/mol. The average Bonchev–Trinajstić information content (AvgIpc) is 2.49. The van der Waals surface area contributed by atoms with Gasteiger partial charge in [-0.05, 0) is 30.5 Å². The molecule has 0 aliphatic rings. The van der Waals surface area contributed by atoms with Crippen LogP contribution in [-0.4, -0.2) is 22.1 Å². The van der Waals surface area contributed by atoms with E-state index < -0.39 is 23.2 Å². The van der Waals surface area contributed by atoms with E-state index >= 15 is 0 Å². The lowest BCUT2D eigenvalue weighted by molar-refractivity contribution is -0.137. The zero-order valence-electron chi connectivity index (χ0n) is 11.7. The second kappa shape index (κ2) is 6.32. The van der Waals surface area contributed by atoms with Crippen LogP contribution in [0.1, 0.15) is 15.9 Å². The summed E-state index contributed by atoms with van der Waals surface area (Å²) in [4.78, 5) is 30.1. The second-order valence-corrected chi connectivity index (χ2v) is 5.16. The van der Waals surface area contributed by atoms with Gasteiger partial charge in [0.15, 0.2) is 11.0 Å². The van der Waals surface area contributed by atoms with E-state index in [1.807, 2.05) is 0 Å². The molecule has 23 heavy (non-hydrogen) atoms. The van der Waals surface area contributed by atoms with Crippen molar-refractivity contribution < 1.29 is 18.0 Å². The first-order valence-electron chi connectivity index (χ1n) is 6.14. The molecule has 1 heterocycles. The van der Waals surface area contributed by atoms with Gasteiger partial charge in [-0.1, -0.05) is 11.8 Å². The Balaban J connectivity index is 2.25. The van der Waals surface area contributed by atoms with Crippen LogP contribution in [0.15, 0.2) is 34.2 Å². The van der Waals surface area contributed by atoms with Gasteiger partial charge in [0.25, 0.3) is 11.5 Å². The van der Waals surface area contributed by atoms with E-state index in [0.717, 1.165) is 36.0 Å². The number of nitrogens with two attached hydrogens (primary N) is 1. The van der Waals surface area contributed by atoms with Crippen LogP contribution in [0.5, 0.6) is 0 Å². The molecule has 4 N–H and O–H groups in total. The van der Waals surface area contributed by atoms with Crippen molar-refractivity contribution in [3.05, 3.63) is 45.7 Å². The Morgan fingerprint density at radius 1 is 1.30 bits per heavy atom. The van der Waals surface area contributed by atoms with E-state index in [2.05, 4.69) is 15.3 Å². The minimum Gasteiger partial charge on any atom is -0.382 e. The molecule has 0 aliphatic heterocycles. The number of aromatic nitrogens is 2. The minimum absolute atomic E-state index is 0.0502. The number of H-pyrrole nitrogens is 1. The maximum atomic E-state index is 12.5. The molecule has 10 heteroatoms. The summed E-state index contributed by atoms with van der Waals surface area (Å²) in [5.74, 6) is -0.951. The van der Waals surface area contributed by atoms with Gasteiger partial charge in [0.1, 0.15) is 5.69 Å². The molecule has 1 aromatic carbocycles. The van der Waals surface area contributed by atoms with E-state index in [0.29, 0.717) is 0 Å². The number of nitrogen functional groups attached to an aromatic ring is 1. The molecule has 0 fully saturated rings. The minimum atomic E-state index is -4.49. The summed E-state index contributed by atoms with van der Waals surface area (Å²) in [7, 11) is 0. The van der Waals surface area contributed by atoms with Crippen LogP contribution in [0, 0.1) is 0 Å². The number of rotatable bonds is 3. The Morgan fingerprint density at radius 2 is 1.91 bits per heavy atom. The van der Waals surface area contributed by atoms with E-state index in [1.54, 1.807) is 6.26 Å². The van der Waals surface area contributed by atoms with Gasteiger partial charge in [-0.15, -0.1) is 0 Å². The maximum absolute atomic E-state index is 12.5. The molecule has 122 valence electrons. The molecule has 2 aromatic rings. The molecule has 1 aromatic heterocycles. The maximum Gasteiger partial charge on any atom is 0.416 e. The van der Waals surface area contributed by atoms with Gasteiger partial charge in [-0.25, -0.2) is 4.98 Å². The Bertz CT molecular complexity index is 787. The van der Waals surface area contributed by atoms with Crippen molar-refractivity contribution in [2.75, 3.05) is 17.3 Å². The quantitative estimate of drug-likeness (QED) is 0.586. The summed E-state index contributed by atoms with van der Waals surface area (Å²) in [6.07, 6.45) is -2.81. The lowest BCUT2D eigenvalue weighted by Crippen LogP contribution is -2.23. The molecule has 0 aliphatic carbocycles. The summed E-state index contributed by atoms with van der Waals surface area (Å²) in [6.45, 7) is 0. The highest BCUT2D eigenvalue weighted by Gasteiger charge is 2.30. The van der Waals surface area contributed by atoms with E-state index in [4.69, 9.17) is 5.73 Å². The number of benzene rings is 1. The van der Waals surface area contributed by atoms with Gasteiger partial charge in [0.05, 0.1) is 5.56 Å². The molecule has 0 bridgehead atoms. The summed E-state index contributed by atoms with van der Waals surface area (Å²) in [5.41, 5.74) is 3.76. The summed E-state index contributed by atoms with van der Waals surface area (Å²) in [6, 6.07) is 3.56. The highest BCUT2D eigenvalue weighted by molar-refractivity contribution is 7.98.